The van der Waals surface area contributed by atoms with Crippen molar-refractivity contribution in [2.75, 3.05) is 0 Å². The number of hydrogen-bond donors (Lipinski definition) is 0. The topological polar surface area (TPSA) is 0 Å². The van der Waals surface area contributed by atoms with Gasteiger partial charge in [0.2, 0.25) is 0 Å². The fourth-order valence-corrected chi connectivity index (χ4v) is 1.50. The number of halogens is 1. The van der Waals surface area contributed by atoms with Crippen LogP contribution < -0.4 is 0 Å². The van der Waals surface area contributed by atoms with E-state index in [1.807, 2.05) is 0 Å². The van der Waals surface area contributed by atoms with Crippen molar-refractivity contribution in [2.45, 2.75) is 32.3 Å². The normalized spacial score (nSPS) is 42.9. The molecule has 0 radical (unpaired) electrons. The summed E-state index contributed by atoms with van der Waals surface area (Å²) in [6.07, 6.45) is 1.56. The van der Waals surface area contributed by atoms with Gasteiger partial charge in [-0.15, -0.1) is 0 Å². The molecule has 0 heterocycles. The van der Waals surface area contributed by atoms with E-state index in [9.17, 15) is 4.39 Å². The third kappa shape index (κ3) is 1.47. The van der Waals surface area contributed by atoms with Gasteiger partial charge in [-0.1, -0.05) is 13.8 Å². The molecule has 1 rings (SSSR count). The lowest BCUT2D eigenvalue weighted by atomic mass is 9.58. The summed E-state index contributed by atoms with van der Waals surface area (Å²) in [6, 6.07) is 0. The van der Waals surface area contributed by atoms with Crippen LogP contribution in [-0.2, 0) is 0 Å². The van der Waals surface area contributed by atoms with E-state index in [-0.39, 0.29) is 0 Å². The van der Waals surface area contributed by atoms with Gasteiger partial charge >= 0.3 is 0 Å². The summed E-state index contributed by atoms with van der Waals surface area (Å²) in [6.45, 7) is 4.33. The first-order valence-corrected chi connectivity index (χ1v) is 3.70. The zero-order chi connectivity index (χ0) is 7.07. The summed E-state index contributed by atoms with van der Waals surface area (Å²) >= 11 is 0. The maximum absolute atomic E-state index is 12.8. The van der Waals surface area contributed by atoms with Crippen LogP contribution in [0.3, 0.4) is 0 Å². The van der Waals surface area contributed by atoms with E-state index in [2.05, 4.69) is 13.8 Å². The van der Waals surface area contributed by atoms with Gasteiger partial charge in [-0.05, 0) is 24.7 Å². The third-order valence-electron chi connectivity index (χ3n) is 2.32. The molecule has 0 bridgehead atoms. The van der Waals surface area contributed by atoms with Crippen LogP contribution in [0.1, 0.15) is 26.7 Å². The summed E-state index contributed by atoms with van der Waals surface area (Å²) < 4.78 is 12.8. The van der Waals surface area contributed by atoms with Gasteiger partial charge in [0.15, 0.2) is 0 Å². The summed E-state index contributed by atoms with van der Waals surface area (Å²) in [4.78, 5) is 0. The van der Waals surface area contributed by atoms with Gasteiger partial charge in [-0.3, -0.25) is 4.39 Å². The monoisotopic (exact) mass is 128 g/mol. The first kappa shape index (κ1) is 7.11. The molecule has 0 atom stereocenters. The highest BCUT2D eigenvalue weighted by atomic mass is 19.1. The van der Waals surface area contributed by atoms with E-state index in [0.717, 1.165) is 12.8 Å². The van der Waals surface area contributed by atoms with Crippen molar-refractivity contribution in [3.8, 4) is 0 Å². The van der Waals surface area contributed by atoms with Crippen molar-refractivity contribution < 1.29 is 4.39 Å². The SMILES string of the molecule is BC1(F)CC(C(C)C)C1. The Morgan fingerprint density at radius 3 is 2.11 bits per heavy atom. The van der Waals surface area contributed by atoms with Crippen molar-refractivity contribution in [3.63, 3.8) is 0 Å². The number of rotatable bonds is 1. The zero-order valence-corrected chi connectivity index (χ0v) is 6.45. The second-order valence-corrected chi connectivity index (χ2v) is 3.83. The predicted octanol–water partition coefficient (Wildman–Crippen LogP) is 1.35. The summed E-state index contributed by atoms with van der Waals surface area (Å²) in [5, 5.41) is 0. The Balaban J connectivity index is 2.27. The second kappa shape index (κ2) is 2.00. The minimum atomic E-state index is -0.824. The van der Waals surface area contributed by atoms with Gasteiger partial charge in [0, 0.05) is 0 Å². The van der Waals surface area contributed by atoms with Gasteiger partial charge in [0.05, 0.1) is 5.57 Å². The van der Waals surface area contributed by atoms with E-state index in [4.69, 9.17) is 0 Å². The Morgan fingerprint density at radius 1 is 1.56 bits per heavy atom. The molecule has 0 spiro atoms. The molecule has 1 fully saturated rings. The molecule has 0 saturated heterocycles. The Bertz CT molecular complexity index is 101. The Kier molecular flexibility index (Phi) is 1.58. The molecule has 0 N–H and O–H groups in total. The van der Waals surface area contributed by atoms with Crippen LogP contribution in [0.2, 0.25) is 0 Å². The van der Waals surface area contributed by atoms with E-state index in [1.165, 1.54) is 0 Å². The Labute approximate surface area is 57.2 Å². The molecular weight excluding hydrogens is 114 g/mol. The molecule has 0 unspecified atom stereocenters. The van der Waals surface area contributed by atoms with Crippen LogP contribution in [0, 0.1) is 11.8 Å². The highest BCUT2D eigenvalue weighted by molar-refractivity contribution is 6.15. The molecule has 2 heteroatoms. The average molecular weight is 128 g/mol. The molecule has 9 heavy (non-hydrogen) atoms. The molecular formula is C7H14BF. The van der Waals surface area contributed by atoms with Crippen LogP contribution >= 0.6 is 0 Å². The fourth-order valence-electron chi connectivity index (χ4n) is 1.50. The van der Waals surface area contributed by atoms with Crippen molar-refractivity contribution in [3.05, 3.63) is 0 Å². The molecule has 0 amide bonds. The van der Waals surface area contributed by atoms with Crippen molar-refractivity contribution >= 4 is 7.85 Å². The lowest BCUT2D eigenvalue weighted by Crippen LogP contribution is -2.42. The van der Waals surface area contributed by atoms with Crippen molar-refractivity contribution in [2.24, 2.45) is 11.8 Å². The quantitative estimate of drug-likeness (QED) is 0.467. The minimum absolute atomic E-state index is 0.653. The van der Waals surface area contributed by atoms with Crippen molar-refractivity contribution in [1.82, 2.24) is 0 Å². The fraction of sp³-hybridized carbons (Fsp3) is 1.00. The maximum Gasteiger partial charge on any atom is 0.150 e. The first-order chi connectivity index (χ1) is 4.01. The smallest absolute Gasteiger partial charge is 0.150 e. The van der Waals surface area contributed by atoms with Gasteiger partial charge in [-0.25, -0.2) is 0 Å². The van der Waals surface area contributed by atoms with E-state index < -0.39 is 5.57 Å². The molecule has 1 aliphatic carbocycles. The zero-order valence-electron chi connectivity index (χ0n) is 6.45. The summed E-state index contributed by atoms with van der Waals surface area (Å²) in [7, 11) is 1.70. The van der Waals surface area contributed by atoms with Gasteiger partial charge in [0.1, 0.15) is 7.85 Å². The van der Waals surface area contributed by atoms with Gasteiger partial charge < -0.3 is 0 Å². The number of hydrogen-bond acceptors (Lipinski definition) is 0. The highest BCUT2D eigenvalue weighted by Gasteiger charge is 2.41. The number of alkyl halides is 1. The average Bonchev–Trinajstić information content (AvgIpc) is 1.59. The molecule has 0 aliphatic heterocycles. The predicted molar refractivity (Wildman–Crippen MR) is 39.9 cm³/mol. The second-order valence-electron chi connectivity index (χ2n) is 3.83. The van der Waals surface area contributed by atoms with E-state index >= 15 is 0 Å². The summed E-state index contributed by atoms with van der Waals surface area (Å²) in [5.41, 5.74) is -0.824. The standard InChI is InChI=1S/C7H14BF/c1-5(2)6-3-7(8,9)4-6/h5-6H,3-4,8H2,1-2H3. The van der Waals surface area contributed by atoms with Gasteiger partial charge in [-0.2, -0.15) is 0 Å². The van der Waals surface area contributed by atoms with Crippen LogP contribution in [0.5, 0.6) is 0 Å². The summed E-state index contributed by atoms with van der Waals surface area (Å²) in [5.74, 6) is 1.33. The van der Waals surface area contributed by atoms with Gasteiger partial charge in [0.25, 0.3) is 0 Å². The van der Waals surface area contributed by atoms with E-state index in [0.29, 0.717) is 11.8 Å². The largest absolute Gasteiger partial charge is 0.254 e. The molecule has 0 aromatic carbocycles. The molecule has 0 aromatic heterocycles. The molecule has 52 valence electrons. The molecule has 0 nitrogen and oxygen atoms in total. The highest BCUT2D eigenvalue weighted by Crippen LogP contribution is 2.42. The third-order valence-corrected chi connectivity index (χ3v) is 2.32. The Hall–Kier alpha value is -0.00506. The van der Waals surface area contributed by atoms with Crippen molar-refractivity contribution in [1.29, 1.82) is 0 Å². The van der Waals surface area contributed by atoms with Crippen LogP contribution in [-0.4, -0.2) is 13.4 Å². The lowest BCUT2D eigenvalue weighted by Gasteiger charge is -2.41. The first-order valence-electron chi connectivity index (χ1n) is 3.70. The Morgan fingerprint density at radius 2 is 2.00 bits per heavy atom. The lowest BCUT2D eigenvalue weighted by molar-refractivity contribution is 0.0584. The van der Waals surface area contributed by atoms with Crippen LogP contribution in [0.15, 0.2) is 0 Å². The molecule has 1 aliphatic rings. The molecule has 0 aromatic rings. The minimum Gasteiger partial charge on any atom is -0.254 e. The van der Waals surface area contributed by atoms with Crippen LogP contribution in [0.25, 0.3) is 0 Å². The maximum atomic E-state index is 12.8. The van der Waals surface area contributed by atoms with E-state index in [1.54, 1.807) is 7.85 Å². The van der Waals surface area contributed by atoms with Crippen LogP contribution in [0.4, 0.5) is 4.39 Å². The molecule has 1 saturated carbocycles.